The smallest absolute Gasteiger partial charge is 0.335 e. The van der Waals surface area contributed by atoms with Gasteiger partial charge in [-0.25, -0.2) is 4.79 Å². The number of hydrogen-bond acceptors (Lipinski definition) is 10. The van der Waals surface area contributed by atoms with Crippen LogP contribution in [0.5, 0.6) is 0 Å². The maximum Gasteiger partial charge on any atom is 0.335 e. The Labute approximate surface area is 130 Å². The van der Waals surface area contributed by atoms with E-state index in [0.29, 0.717) is 0 Å². The fourth-order valence-corrected chi connectivity index (χ4v) is 2.52. The molecular formula is C12H20O11. The minimum atomic E-state index is -1.70. The highest BCUT2D eigenvalue weighted by Gasteiger charge is 2.51. The number of aliphatic carboxylic acids is 1. The second-order valence-electron chi connectivity index (χ2n) is 5.33. The van der Waals surface area contributed by atoms with Gasteiger partial charge in [-0.15, -0.1) is 0 Å². The van der Waals surface area contributed by atoms with Crippen molar-refractivity contribution in [2.45, 2.75) is 55.3 Å². The highest BCUT2D eigenvalue weighted by atomic mass is 16.7. The average Bonchev–Trinajstić information content (AvgIpc) is 2.51. The summed E-state index contributed by atoms with van der Waals surface area (Å²) in [5.74, 6) is -1.45. The van der Waals surface area contributed by atoms with Crippen molar-refractivity contribution in [2.75, 3.05) is 13.7 Å². The van der Waals surface area contributed by atoms with Crippen molar-refractivity contribution >= 4 is 5.97 Å². The predicted molar refractivity (Wildman–Crippen MR) is 68.0 cm³/mol. The van der Waals surface area contributed by atoms with E-state index in [2.05, 4.69) is 4.74 Å². The molecule has 2 heterocycles. The number of ether oxygens (including phenoxy) is 4. The molecule has 2 fully saturated rings. The lowest BCUT2D eigenvalue weighted by molar-refractivity contribution is -0.341. The van der Waals surface area contributed by atoms with Gasteiger partial charge in [-0.1, -0.05) is 0 Å². The maximum absolute atomic E-state index is 11.2. The lowest BCUT2D eigenvalue weighted by Crippen LogP contribution is -2.63. The fourth-order valence-electron chi connectivity index (χ4n) is 2.52. The van der Waals surface area contributed by atoms with Crippen molar-refractivity contribution in [1.29, 1.82) is 0 Å². The number of aliphatic hydroxyl groups excluding tert-OH is 5. The van der Waals surface area contributed by atoms with E-state index in [1.54, 1.807) is 0 Å². The molecule has 11 nitrogen and oxygen atoms in total. The van der Waals surface area contributed by atoms with Crippen LogP contribution in [-0.4, -0.2) is 106 Å². The van der Waals surface area contributed by atoms with Crippen LogP contribution in [0.15, 0.2) is 0 Å². The molecule has 2 saturated heterocycles. The van der Waals surface area contributed by atoms with Gasteiger partial charge in [-0.3, -0.25) is 0 Å². The van der Waals surface area contributed by atoms with Crippen molar-refractivity contribution in [3.63, 3.8) is 0 Å². The SMILES string of the molecule is COC1C(C(=O)O)OC(OC2C(O)COC(O)C2O)C(O)C1O. The molecule has 0 aromatic heterocycles. The van der Waals surface area contributed by atoms with Gasteiger partial charge in [-0.2, -0.15) is 0 Å². The monoisotopic (exact) mass is 340 g/mol. The largest absolute Gasteiger partial charge is 0.479 e. The van der Waals surface area contributed by atoms with Crippen LogP contribution in [0.3, 0.4) is 0 Å². The summed E-state index contributed by atoms with van der Waals surface area (Å²) in [4.78, 5) is 11.2. The Bertz CT molecular complexity index is 418. The standard InChI is InChI=1S/C12H20O11/c1-20-8-4(14)5(15)12(23-9(8)10(17)18)22-7-3(13)2-21-11(19)6(7)16/h3-9,11-16,19H,2H2,1H3,(H,17,18). The molecule has 0 amide bonds. The Kier molecular flexibility index (Phi) is 5.89. The van der Waals surface area contributed by atoms with Crippen molar-refractivity contribution < 1.29 is 54.4 Å². The van der Waals surface area contributed by atoms with E-state index in [4.69, 9.17) is 19.3 Å². The van der Waals surface area contributed by atoms with E-state index in [1.807, 2.05) is 0 Å². The molecule has 0 aliphatic carbocycles. The first-order valence-electron chi connectivity index (χ1n) is 6.86. The van der Waals surface area contributed by atoms with Crippen molar-refractivity contribution in [2.24, 2.45) is 0 Å². The van der Waals surface area contributed by atoms with E-state index in [1.165, 1.54) is 0 Å². The number of carboxylic acids is 1. The van der Waals surface area contributed by atoms with Gasteiger partial charge in [-0.05, 0) is 0 Å². The number of carboxylic acid groups (broad SMARTS) is 1. The maximum atomic E-state index is 11.2. The molecule has 0 spiro atoms. The Balaban J connectivity index is 2.13. The van der Waals surface area contributed by atoms with E-state index < -0.39 is 61.3 Å². The number of rotatable bonds is 4. The van der Waals surface area contributed by atoms with E-state index >= 15 is 0 Å². The van der Waals surface area contributed by atoms with Crippen LogP contribution in [0, 0.1) is 0 Å². The normalized spacial score (nSPS) is 48.2. The third-order valence-electron chi connectivity index (χ3n) is 3.80. The summed E-state index contributed by atoms with van der Waals surface area (Å²) in [6, 6.07) is 0. The minimum absolute atomic E-state index is 0.350. The Hall–Kier alpha value is -0.890. The number of methoxy groups -OCH3 is 1. The van der Waals surface area contributed by atoms with Crippen molar-refractivity contribution in [3.05, 3.63) is 0 Å². The Morgan fingerprint density at radius 1 is 1.04 bits per heavy atom. The van der Waals surface area contributed by atoms with Crippen LogP contribution in [0.25, 0.3) is 0 Å². The zero-order valence-electron chi connectivity index (χ0n) is 12.1. The van der Waals surface area contributed by atoms with Gasteiger partial charge in [0.05, 0.1) is 6.61 Å². The van der Waals surface area contributed by atoms with Gasteiger partial charge in [0.1, 0.15) is 36.6 Å². The molecule has 0 aromatic carbocycles. The number of hydrogen-bond donors (Lipinski definition) is 6. The molecule has 134 valence electrons. The molecule has 9 atom stereocenters. The molecule has 0 bridgehead atoms. The molecule has 0 aromatic rings. The highest BCUT2D eigenvalue weighted by molar-refractivity contribution is 5.73. The first-order valence-corrected chi connectivity index (χ1v) is 6.86. The molecule has 6 N–H and O–H groups in total. The third-order valence-corrected chi connectivity index (χ3v) is 3.80. The molecule has 0 radical (unpaired) electrons. The molecule has 23 heavy (non-hydrogen) atoms. The molecule has 2 rings (SSSR count). The predicted octanol–water partition coefficient (Wildman–Crippen LogP) is -4.01. The summed E-state index contributed by atoms with van der Waals surface area (Å²) < 4.78 is 19.7. The molecule has 0 saturated carbocycles. The Morgan fingerprint density at radius 2 is 1.70 bits per heavy atom. The molecule has 11 heteroatoms. The third kappa shape index (κ3) is 3.63. The van der Waals surface area contributed by atoms with E-state index in [-0.39, 0.29) is 6.61 Å². The van der Waals surface area contributed by atoms with Crippen LogP contribution in [0.2, 0.25) is 0 Å². The first-order chi connectivity index (χ1) is 10.8. The molecule has 9 unspecified atom stereocenters. The average molecular weight is 340 g/mol. The number of carbonyl (C=O) groups is 1. The summed E-state index contributed by atoms with van der Waals surface area (Å²) in [6.45, 7) is -0.350. The van der Waals surface area contributed by atoms with Gasteiger partial charge in [0.25, 0.3) is 0 Å². The minimum Gasteiger partial charge on any atom is -0.479 e. The van der Waals surface area contributed by atoms with Crippen LogP contribution in [0.4, 0.5) is 0 Å². The van der Waals surface area contributed by atoms with Crippen LogP contribution < -0.4 is 0 Å². The summed E-state index contributed by atoms with van der Waals surface area (Å²) in [6.07, 6.45) is -14.0. The van der Waals surface area contributed by atoms with Crippen molar-refractivity contribution in [3.8, 4) is 0 Å². The van der Waals surface area contributed by atoms with Gasteiger partial charge in [0.15, 0.2) is 18.7 Å². The zero-order valence-corrected chi connectivity index (χ0v) is 12.1. The van der Waals surface area contributed by atoms with Crippen LogP contribution >= 0.6 is 0 Å². The molecular weight excluding hydrogens is 320 g/mol. The van der Waals surface area contributed by atoms with Gasteiger partial charge in [0, 0.05) is 7.11 Å². The summed E-state index contributed by atoms with van der Waals surface area (Å²) in [5, 5.41) is 57.9. The number of aliphatic hydroxyl groups is 5. The van der Waals surface area contributed by atoms with E-state index in [0.717, 1.165) is 7.11 Å². The van der Waals surface area contributed by atoms with Crippen molar-refractivity contribution in [1.82, 2.24) is 0 Å². The lowest BCUT2D eigenvalue weighted by Gasteiger charge is -2.43. The topological polar surface area (TPSA) is 175 Å². The summed E-state index contributed by atoms with van der Waals surface area (Å²) in [7, 11) is 1.14. The fraction of sp³-hybridized carbons (Fsp3) is 0.917. The quantitative estimate of drug-likeness (QED) is 0.294. The van der Waals surface area contributed by atoms with Gasteiger partial charge in [0.2, 0.25) is 0 Å². The molecule has 2 aliphatic rings. The van der Waals surface area contributed by atoms with Crippen LogP contribution in [-0.2, 0) is 23.7 Å². The second-order valence-corrected chi connectivity index (χ2v) is 5.33. The zero-order chi connectivity index (χ0) is 17.3. The summed E-state index contributed by atoms with van der Waals surface area (Å²) >= 11 is 0. The molecule has 2 aliphatic heterocycles. The Morgan fingerprint density at radius 3 is 2.26 bits per heavy atom. The second kappa shape index (κ2) is 7.34. The van der Waals surface area contributed by atoms with E-state index in [9.17, 15) is 30.3 Å². The lowest BCUT2D eigenvalue weighted by atomic mass is 9.98. The highest BCUT2D eigenvalue weighted by Crippen LogP contribution is 2.27. The van der Waals surface area contributed by atoms with Gasteiger partial charge < -0.3 is 49.6 Å². The van der Waals surface area contributed by atoms with Gasteiger partial charge >= 0.3 is 5.97 Å². The summed E-state index contributed by atoms with van der Waals surface area (Å²) in [5.41, 5.74) is 0. The first kappa shape index (κ1) is 18.4. The van der Waals surface area contributed by atoms with Crippen LogP contribution in [0.1, 0.15) is 0 Å².